The highest BCUT2D eigenvalue weighted by Gasteiger charge is 2.38. The molecule has 1 saturated heterocycles. The minimum atomic E-state index is -4.49. The molecule has 1 atom stereocenters. The number of ether oxygens (including phenoxy) is 1. The second-order valence-electron chi connectivity index (χ2n) is 6.00. The van der Waals surface area contributed by atoms with E-state index < -0.39 is 41.4 Å². The van der Waals surface area contributed by atoms with Crippen molar-refractivity contribution in [2.24, 2.45) is 7.05 Å². The topological polar surface area (TPSA) is 84.7 Å². The van der Waals surface area contributed by atoms with E-state index in [-0.39, 0.29) is 6.54 Å². The van der Waals surface area contributed by atoms with E-state index in [0.717, 1.165) is 10.6 Å². The molecule has 26 heavy (non-hydrogen) atoms. The number of carbonyl (C=O) groups is 1. The van der Waals surface area contributed by atoms with Gasteiger partial charge in [-0.2, -0.15) is 22.6 Å². The number of aryl methyl sites for hydroxylation is 1. The van der Waals surface area contributed by atoms with Crippen molar-refractivity contribution in [3.05, 3.63) is 12.3 Å². The molecule has 0 radical (unpaired) electrons. The lowest BCUT2D eigenvalue weighted by Crippen LogP contribution is -2.55. The number of piperidine rings is 1. The monoisotopic (exact) mass is 398 g/mol. The third kappa shape index (κ3) is 5.17. The van der Waals surface area contributed by atoms with Crippen LogP contribution in [0.15, 0.2) is 12.3 Å². The molecule has 0 N–H and O–H groups in total. The van der Waals surface area contributed by atoms with Crippen LogP contribution in [-0.2, 0) is 26.6 Å². The fraction of sp³-hybridized carbons (Fsp3) is 0.714. The van der Waals surface area contributed by atoms with E-state index in [1.165, 1.54) is 15.8 Å². The highest BCUT2D eigenvalue weighted by Crippen LogP contribution is 2.24. The summed E-state index contributed by atoms with van der Waals surface area (Å²) in [7, 11) is -2.16. The number of alkyl halides is 3. The number of sulfonamides is 1. The molecule has 1 amide bonds. The zero-order chi connectivity index (χ0) is 19.5. The quantitative estimate of drug-likeness (QED) is 0.633. The van der Waals surface area contributed by atoms with Gasteiger partial charge < -0.3 is 4.74 Å². The third-order valence-electron chi connectivity index (χ3n) is 3.98. The summed E-state index contributed by atoms with van der Waals surface area (Å²) in [4.78, 5) is 14.3. The van der Waals surface area contributed by atoms with Crippen LogP contribution in [0.5, 0.6) is 0 Å². The Hall–Kier alpha value is -1.66. The van der Waals surface area contributed by atoms with Gasteiger partial charge in [0.1, 0.15) is 18.5 Å². The smallest absolute Gasteiger partial charge is 0.371 e. The van der Waals surface area contributed by atoms with Crippen molar-refractivity contribution in [2.75, 3.05) is 37.5 Å². The van der Waals surface area contributed by atoms with E-state index >= 15 is 0 Å². The summed E-state index contributed by atoms with van der Waals surface area (Å²) in [6.07, 6.45) is -1.21. The minimum absolute atomic E-state index is 0.291. The average molecular weight is 398 g/mol. The number of anilines is 1. The van der Waals surface area contributed by atoms with Crippen LogP contribution >= 0.6 is 0 Å². The van der Waals surface area contributed by atoms with Gasteiger partial charge in [-0.15, -0.1) is 0 Å². The molecular weight excluding hydrogens is 377 g/mol. The van der Waals surface area contributed by atoms with Crippen LogP contribution in [0.4, 0.5) is 19.0 Å². The van der Waals surface area contributed by atoms with Crippen molar-refractivity contribution in [1.29, 1.82) is 0 Å². The number of amides is 1. The second kappa shape index (κ2) is 7.92. The fourth-order valence-electron chi connectivity index (χ4n) is 2.88. The Kier molecular flexibility index (Phi) is 6.29. The molecular formula is C14H21F3N4O4S. The van der Waals surface area contributed by atoms with Crippen LogP contribution in [-0.4, -0.2) is 73.2 Å². The van der Waals surface area contributed by atoms with Crippen molar-refractivity contribution in [3.8, 4) is 0 Å². The maximum atomic E-state index is 12.8. The van der Waals surface area contributed by atoms with Crippen molar-refractivity contribution < 1.29 is 31.1 Å². The Morgan fingerprint density at radius 2 is 2.12 bits per heavy atom. The molecule has 1 fully saturated rings. The molecule has 8 nitrogen and oxygen atoms in total. The van der Waals surface area contributed by atoms with Crippen molar-refractivity contribution >= 4 is 21.7 Å². The number of carbonyl (C=O) groups excluding carboxylic acids is 1. The van der Waals surface area contributed by atoms with Gasteiger partial charge in [0.05, 0.1) is 19.1 Å². The van der Waals surface area contributed by atoms with Gasteiger partial charge >= 0.3 is 6.18 Å². The van der Waals surface area contributed by atoms with Crippen LogP contribution in [0.25, 0.3) is 0 Å². The molecule has 1 aromatic heterocycles. The van der Waals surface area contributed by atoms with Crippen LogP contribution in [0.2, 0.25) is 0 Å². The zero-order valence-electron chi connectivity index (χ0n) is 14.4. The molecule has 1 aromatic rings. The molecule has 0 spiro atoms. The summed E-state index contributed by atoms with van der Waals surface area (Å²) in [6.45, 7) is -1.84. The summed E-state index contributed by atoms with van der Waals surface area (Å²) < 4.78 is 67.5. The highest BCUT2D eigenvalue weighted by atomic mass is 32.2. The van der Waals surface area contributed by atoms with Crippen LogP contribution in [0.1, 0.15) is 12.8 Å². The van der Waals surface area contributed by atoms with Gasteiger partial charge in [-0.05, 0) is 12.8 Å². The Morgan fingerprint density at radius 1 is 1.42 bits per heavy atom. The first kappa shape index (κ1) is 20.6. The van der Waals surface area contributed by atoms with Crippen molar-refractivity contribution in [3.63, 3.8) is 0 Å². The largest absolute Gasteiger partial charge is 0.411 e. The molecule has 1 aliphatic heterocycles. The first-order valence-electron chi connectivity index (χ1n) is 7.91. The zero-order valence-corrected chi connectivity index (χ0v) is 15.3. The minimum Gasteiger partial charge on any atom is -0.371 e. The van der Waals surface area contributed by atoms with Gasteiger partial charge in [-0.3, -0.25) is 14.4 Å². The van der Waals surface area contributed by atoms with Crippen molar-refractivity contribution in [2.45, 2.75) is 25.1 Å². The van der Waals surface area contributed by atoms with E-state index in [9.17, 15) is 26.4 Å². The van der Waals surface area contributed by atoms with E-state index in [4.69, 9.17) is 0 Å². The molecule has 0 saturated carbocycles. The molecule has 2 heterocycles. The summed E-state index contributed by atoms with van der Waals surface area (Å²) >= 11 is 0. The molecule has 0 bridgehead atoms. The third-order valence-corrected chi connectivity index (χ3v) is 5.27. The summed E-state index contributed by atoms with van der Waals surface area (Å²) in [5.74, 6) is 0.0996. The number of halogens is 3. The van der Waals surface area contributed by atoms with Gasteiger partial charge in [0.2, 0.25) is 15.9 Å². The summed E-state index contributed by atoms with van der Waals surface area (Å²) in [5.41, 5.74) is 0. The standard InChI is InChI=1S/C14H21F3N4O4S/c1-19-12(5-6-18-19)20-7-3-4-11(13(20)22)21(26(2,23)24)8-9-25-10-14(15,16)17/h5-6,11H,3-4,7-10H2,1-2H3/t11-/m1/s1. The van der Waals surface area contributed by atoms with Gasteiger partial charge in [0.15, 0.2) is 0 Å². The summed E-state index contributed by atoms with van der Waals surface area (Å²) in [5, 5.41) is 3.99. The second-order valence-corrected chi connectivity index (χ2v) is 7.94. The predicted octanol–water partition coefficient (Wildman–Crippen LogP) is 0.756. The first-order valence-corrected chi connectivity index (χ1v) is 9.76. The number of aromatic nitrogens is 2. The van der Waals surface area contributed by atoms with E-state index in [1.807, 2.05) is 0 Å². The molecule has 1 aliphatic rings. The van der Waals surface area contributed by atoms with Crippen LogP contribution < -0.4 is 4.90 Å². The lowest BCUT2D eigenvalue weighted by atomic mass is 10.0. The molecule has 0 aliphatic carbocycles. The lowest BCUT2D eigenvalue weighted by Gasteiger charge is -2.37. The van der Waals surface area contributed by atoms with E-state index in [0.29, 0.717) is 25.2 Å². The maximum absolute atomic E-state index is 12.8. The molecule has 0 unspecified atom stereocenters. The van der Waals surface area contributed by atoms with Gasteiger partial charge in [0.25, 0.3) is 0 Å². The predicted molar refractivity (Wildman–Crippen MR) is 87.0 cm³/mol. The Labute approximate surface area is 149 Å². The van der Waals surface area contributed by atoms with E-state index in [1.54, 1.807) is 13.1 Å². The maximum Gasteiger partial charge on any atom is 0.411 e. The highest BCUT2D eigenvalue weighted by molar-refractivity contribution is 7.88. The number of nitrogens with zero attached hydrogens (tertiary/aromatic N) is 4. The van der Waals surface area contributed by atoms with Gasteiger partial charge in [0, 0.05) is 26.2 Å². The number of hydrogen-bond donors (Lipinski definition) is 0. The summed E-state index contributed by atoms with van der Waals surface area (Å²) in [6, 6.07) is 0.653. The molecule has 148 valence electrons. The number of rotatable bonds is 7. The van der Waals surface area contributed by atoms with Gasteiger partial charge in [-0.25, -0.2) is 8.42 Å². The number of hydrogen-bond acceptors (Lipinski definition) is 5. The Balaban J connectivity index is 2.12. The van der Waals surface area contributed by atoms with E-state index in [2.05, 4.69) is 9.84 Å². The van der Waals surface area contributed by atoms with Gasteiger partial charge in [-0.1, -0.05) is 0 Å². The SMILES string of the molecule is Cn1nccc1N1CCC[C@@H](N(CCOCC(F)(F)F)S(C)(=O)=O)C1=O. The molecule has 2 rings (SSSR count). The van der Waals surface area contributed by atoms with Crippen LogP contribution in [0, 0.1) is 0 Å². The molecule has 0 aromatic carbocycles. The normalized spacial score (nSPS) is 19.4. The average Bonchev–Trinajstić information content (AvgIpc) is 2.92. The first-order chi connectivity index (χ1) is 12.0. The fourth-order valence-corrected chi connectivity index (χ4v) is 3.94. The molecule has 12 heteroatoms. The van der Waals surface area contributed by atoms with Crippen LogP contribution in [0.3, 0.4) is 0 Å². The Morgan fingerprint density at radius 3 is 2.65 bits per heavy atom. The Bertz CT molecular complexity index is 735. The lowest BCUT2D eigenvalue weighted by molar-refractivity contribution is -0.174. The van der Waals surface area contributed by atoms with Crippen molar-refractivity contribution in [1.82, 2.24) is 14.1 Å².